The average Bonchev–Trinajstić information content (AvgIpc) is 2.62. The van der Waals surface area contributed by atoms with Crippen molar-refractivity contribution in [3.8, 4) is 0 Å². The molecular formula is C17H14N4O4S2. The molecule has 0 aliphatic heterocycles. The Kier molecular flexibility index (Phi) is 5.38. The highest BCUT2D eigenvalue weighted by Gasteiger charge is 2.21. The number of nitrogen functional groups attached to an aromatic ring is 1. The van der Waals surface area contributed by atoms with Crippen molar-refractivity contribution < 1.29 is 13.3 Å². The topological polar surface area (TPSA) is 129 Å². The van der Waals surface area contributed by atoms with Crippen molar-refractivity contribution in [3.05, 3.63) is 76.5 Å². The minimum atomic E-state index is -3.73. The predicted molar refractivity (Wildman–Crippen MR) is 101 cm³/mol. The van der Waals surface area contributed by atoms with Crippen LogP contribution >= 0.6 is 11.8 Å². The highest BCUT2D eigenvalue weighted by atomic mass is 32.2. The summed E-state index contributed by atoms with van der Waals surface area (Å²) < 4.78 is 25.2. The third kappa shape index (κ3) is 4.60. The summed E-state index contributed by atoms with van der Waals surface area (Å²) in [6.07, 6.45) is 1.54. The Morgan fingerprint density at radius 1 is 1.07 bits per heavy atom. The first-order valence-corrected chi connectivity index (χ1v) is 10.1. The van der Waals surface area contributed by atoms with Crippen LogP contribution in [0.1, 0.15) is 5.56 Å². The maximum absolute atomic E-state index is 12.6. The van der Waals surface area contributed by atoms with E-state index in [1.807, 2.05) is 0 Å². The van der Waals surface area contributed by atoms with Crippen molar-refractivity contribution in [1.29, 1.82) is 0 Å². The number of anilines is 1. The Morgan fingerprint density at radius 2 is 1.78 bits per heavy atom. The van der Waals surface area contributed by atoms with E-state index in [2.05, 4.69) is 9.97 Å². The molecule has 0 atom stereocenters. The van der Waals surface area contributed by atoms with Gasteiger partial charge in [0.15, 0.2) is 15.0 Å². The molecule has 138 valence electrons. The number of para-hydroxylation sites is 1. The second-order valence-electron chi connectivity index (χ2n) is 5.48. The van der Waals surface area contributed by atoms with E-state index in [0.717, 1.165) is 4.90 Å². The zero-order valence-electron chi connectivity index (χ0n) is 13.8. The Balaban J connectivity index is 1.81. The lowest BCUT2D eigenvalue weighted by molar-refractivity contribution is -0.385. The molecule has 3 aromatic rings. The average molecular weight is 402 g/mol. The van der Waals surface area contributed by atoms with Crippen LogP contribution < -0.4 is 5.73 Å². The molecule has 0 unspecified atom stereocenters. The van der Waals surface area contributed by atoms with Gasteiger partial charge in [0.05, 0.1) is 15.6 Å². The number of nitro benzene ring substituents is 1. The lowest BCUT2D eigenvalue weighted by Gasteiger charge is -2.07. The van der Waals surface area contributed by atoms with Crippen LogP contribution in [-0.2, 0) is 15.6 Å². The van der Waals surface area contributed by atoms with Gasteiger partial charge in [-0.15, -0.1) is 0 Å². The fourth-order valence-corrected chi connectivity index (χ4v) is 4.44. The maximum Gasteiger partial charge on any atom is 0.273 e. The second-order valence-corrected chi connectivity index (χ2v) is 8.51. The number of nitrogens with zero attached hydrogens (tertiary/aromatic N) is 3. The van der Waals surface area contributed by atoms with E-state index in [-0.39, 0.29) is 16.1 Å². The van der Waals surface area contributed by atoms with Gasteiger partial charge in [0.25, 0.3) is 5.69 Å². The van der Waals surface area contributed by atoms with Crippen molar-refractivity contribution in [1.82, 2.24) is 9.97 Å². The fraction of sp³-hybridized carbons (Fsp3) is 0.0588. The van der Waals surface area contributed by atoms with Gasteiger partial charge in [-0.1, -0.05) is 18.2 Å². The molecule has 3 rings (SSSR count). The Morgan fingerprint density at radius 3 is 2.44 bits per heavy atom. The summed E-state index contributed by atoms with van der Waals surface area (Å²) >= 11 is 1.25. The van der Waals surface area contributed by atoms with Gasteiger partial charge in [0.2, 0.25) is 0 Å². The van der Waals surface area contributed by atoms with Crippen LogP contribution in [0.3, 0.4) is 0 Å². The quantitative estimate of drug-likeness (QED) is 0.378. The van der Waals surface area contributed by atoms with Gasteiger partial charge < -0.3 is 5.73 Å². The number of hydrogen-bond acceptors (Lipinski definition) is 8. The zero-order valence-corrected chi connectivity index (χ0v) is 15.5. The SMILES string of the molecule is Nc1ccnc(Sc2ccc(S(=O)(=O)Cc3ccccc3[N+](=O)[O-])cc2)n1. The van der Waals surface area contributed by atoms with E-state index >= 15 is 0 Å². The largest absolute Gasteiger partial charge is 0.384 e. The first-order chi connectivity index (χ1) is 12.8. The molecule has 0 bridgehead atoms. The first-order valence-electron chi connectivity index (χ1n) is 7.67. The molecule has 8 nitrogen and oxygen atoms in total. The van der Waals surface area contributed by atoms with E-state index in [9.17, 15) is 18.5 Å². The predicted octanol–water partition coefficient (Wildman–Crippen LogP) is 3.09. The van der Waals surface area contributed by atoms with Crippen molar-refractivity contribution in [2.75, 3.05) is 5.73 Å². The van der Waals surface area contributed by atoms with Crippen LogP contribution in [0, 0.1) is 10.1 Å². The minimum absolute atomic E-state index is 0.0819. The van der Waals surface area contributed by atoms with Gasteiger partial charge in [-0.2, -0.15) is 0 Å². The Bertz CT molecular complexity index is 1090. The van der Waals surface area contributed by atoms with Crippen LogP contribution in [0.2, 0.25) is 0 Å². The number of aromatic nitrogens is 2. The van der Waals surface area contributed by atoms with Crippen LogP contribution in [0.4, 0.5) is 11.5 Å². The number of sulfone groups is 1. The van der Waals surface area contributed by atoms with Gasteiger partial charge in [0.1, 0.15) is 5.82 Å². The zero-order chi connectivity index (χ0) is 19.4. The summed E-state index contributed by atoms with van der Waals surface area (Å²) in [5, 5.41) is 11.5. The van der Waals surface area contributed by atoms with Crippen LogP contribution in [0.25, 0.3) is 0 Å². The second kappa shape index (κ2) is 7.72. The maximum atomic E-state index is 12.6. The van der Waals surface area contributed by atoms with Crippen molar-refractivity contribution >= 4 is 33.1 Å². The van der Waals surface area contributed by atoms with Crippen LogP contribution in [0.15, 0.2) is 75.7 Å². The van der Waals surface area contributed by atoms with E-state index in [0.29, 0.717) is 11.0 Å². The standard InChI is InChI=1S/C17H14N4O4S2/c18-16-9-10-19-17(20-16)26-13-5-7-14(8-6-13)27(24,25)11-12-3-1-2-4-15(12)21(22)23/h1-10H,11H2,(H2,18,19,20). The van der Waals surface area contributed by atoms with Gasteiger partial charge in [-0.25, -0.2) is 18.4 Å². The fourth-order valence-electron chi connectivity index (χ4n) is 2.32. The highest BCUT2D eigenvalue weighted by molar-refractivity contribution is 7.99. The molecule has 0 amide bonds. The number of nitrogens with two attached hydrogens (primary N) is 1. The van der Waals surface area contributed by atoms with Crippen LogP contribution in [0.5, 0.6) is 0 Å². The number of hydrogen-bond donors (Lipinski definition) is 1. The van der Waals surface area contributed by atoms with Crippen molar-refractivity contribution in [2.24, 2.45) is 0 Å². The summed E-state index contributed by atoms with van der Waals surface area (Å²) in [6, 6.07) is 13.5. The van der Waals surface area contributed by atoms with Crippen molar-refractivity contribution in [3.63, 3.8) is 0 Å². The number of benzene rings is 2. The number of nitro groups is 1. The molecule has 2 aromatic carbocycles. The molecule has 0 aliphatic rings. The third-order valence-electron chi connectivity index (χ3n) is 3.58. The molecule has 10 heteroatoms. The summed E-state index contributed by atoms with van der Waals surface area (Å²) in [7, 11) is -3.73. The first kappa shape index (κ1) is 18.8. The normalized spacial score (nSPS) is 11.3. The molecule has 0 spiro atoms. The molecule has 0 saturated heterocycles. The van der Waals surface area contributed by atoms with Gasteiger partial charge >= 0.3 is 0 Å². The molecule has 27 heavy (non-hydrogen) atoms. The minimum Gasteiger partial charge on any atom is -0.384 e. The smallest absolute Gasteiger partial charge is 0.273 e. The molecule has 1 aromatic heterocycles. The molecule has 2 N–H and O–H groups in total. The molecular weight excluding hydrogens is 388 g/mol. The lowest BCUT2D eigenvalue weighted by atomic mass is 10.2. The molecule has 0 fully saturated rings. The van der Waals surface area contributed by atoms with Crippen LogP contribution in [-0.4, -0.2) is 23.3 Å². The van der Waals surface area contributed by atoms with Crippen molar-refractivity contribution in [2.45, 2.75) is 20.7 Å². The van der Waals surface area contributed by atoms with Gasteiger partial charge in [0, 0.05) is 22.7 Å². The summed E-state index contributed by atoms with van der Waals surface area (Å²) in [6.45, 7) is 0. The van der Waals surface area contributed by atoms with E-state index in [4.69, 9.17) is 5.73 Å². The molecule has 0 radical (unpaired) electrons. The monoisotopic (exact) mass is 402 g/mol. The van der Waals surface area contributed by atoms with Gasteiger partial charge in [-0.3, -0.25) is 10.1 Å². The van der Waals surface area contributed by atoms with E-state index < -0.39 is 20.5 Å². The third-order valence-corrected chi connectivity index (χ3v) is 6.15. The van der Waals surface area contributed by atoms with E-state index in [1.54, 1.807) is 24.3 Å². The van der Waals surface area contributed by atoms with E-state index in [1.165, 1.54) is 48.3 Å². The molecule has 0 saturated carbocycles. The summed E-state index contributed by atoms with van der Waals surface area (Å²) in [5.41, 5.74) is 5.54. The highest BCUT2D eigenvalue weighted by Crippen LogP contribution is 2.28. The number of rotatable bonds is 6. The summed E-state index contributed by atoms with van der Waals surface area (Å²) in [4.78, 5) is 19.5. The van der Waals surface area contributed by atoms with Gasteiger partial charge in [-0.05, 0) is 42.1 Å². The Labute approximate surface area is 159 Å². The Hall–Kier alpha value is -2.98. The lowest BCUT2D eigenvalue weighted by Crippen LogP contribution is -2.07. The molecule has 1 heterocycles. The summed E-state index contributed by atoms with van der Waals surface area (Å²) in [5.74, 6) is -0.106. The molecule has 0 aliphatic carbocycles.